The van der Waals surface area contributed by atoms with Gasteiger partial charge in [-0.15, -0.1) is 8.78 Å². The Kier molecular flexibility index (Phi) is 3.80. The molecule has 5 nitrogen and oxygen atoms in total. The molecule has 7 heteroatoms. The molecule has 0 unspecified atom stereocenters. The van der Waals surface area contributed by atoms with Gasteiger partial charge in [0.05, 0.1) is 6.04 Å². The number of carbonyl (C=O) groups is 1. The van der Waals surface area contributed by atoms with Gasteiger partial charge < -0.3 is 20.5 Å². The highest BCUT2D eigenvalue weighted by atomic mass is 19.3. The minimum Gasteiger partial charge on any atom is -0.395 e. The zero-order chi connectivity index (χ0) is 14.9. The number of nitrogens with two attached hydrogens (primary N) is 1. The number of benzene rings is 1. The van der Waals surface area contributed by atoms with Gasteiger partial charge in [-0.25, -0.2) is 0 Å². The Balaban J connectivity index is 2.07. The maximum Gasteiger partial charge on any atom is 0.586 e. The number of fused-ring (bicyclic) bond motifs is 1. The summed E-state index contributed by atoms with van der Waals surface area (Å²) in [6.07, 6.45) is -2.90. The molecule has 0 aromatic heterocycles. The number of nitrogens with one attached hydrogen (secondary N) is 1. The summed E-state index contributed by atoms with van der Waals surface area (Å²) in [5.41, 5.74) is 6.11. The molecule has 0 spiro atoms. The van der Waals surface area contributed by atoms with Crippen LogP contribution < -0.4 is 20.5 Å². The monoisotopic (exact) mass is 286 g/mol. The van der Waals surface area contributed by atoms with Crippen LogP contribution >= 0.6 is 0 Å². The van der Waals surface area contributed by atoms with Gasteiger partial charge in [0.25, 0.3) is 0 Å². The van der Waals surface area contributed by atoms with Crippen molar-refractivity contribution in [3.63, 3.8) is 0 Å². The minimum absolute atomic E-state index is 0.0216. The quantitative estimate of drug-likeness (QED) is 0.891. The van der Waals surface area contributed by atoms with Gasteiger partial charge in [-0.3, -0.25) is 4.79 Å². The maximum atomic E-state index is 12.9. The molecule has 1 aliphatic heterocycles. The van der Waals surface area contributed by atoms with Crippen molar-refractivity contribution >= 4 is 11.6 Å². The average molecular weight is 286 g/mol. The molecule has 0 fully saturated rings. The second-order valence-corrected chi connectivity index (χ2v) is 4.73. The van der Waals surface area contributed by atoms with Crippen molar-refractivity contribution in [3.8, 4) is 11.5 Å². The van der Waals surface area contributed by atoms with Gasteiger partial charge in [0.1, 0.15) is 0 Å². The van der Waals surface area contributed by atoms with Crippen molar-refractivity contribution in [2.75, 3.05) is 5.32 Å². The normalized spacial score (nSPS) is 18.4. The van der Waals surface area contributed by atoms with E-state index in [0.717, 1.165) is 6.42 Å². The molecule has 0 bridgehead atoms. The molecule has 1 heterocycles. The van der Waals surface area contributed by atoms with Gasteiger partial charge in [0, 0.05) is 11.8 Å². The molecule has 0 saturated carbocycles. The molecule has 1 amide bonds. The van der Waals surface area contributed by atoms with Gasteiger partial charge in [-0.1, -0.05) is 20.3 Å². The molecular weight excluding hydrogens is 270 g/mol. The van der Waals surface area contributed by atoms with Crippen LogP contribution in [0, 0.1) is 5.92 Å². The molecule has 0 aliphatic carbocycles. The van der Waals surface area contributed by atoms with E-state index in [2.05, 4.69) is 14.8 Å². The van der Waals surface area contributed by atoms with Gasteiger partial charge in [0.15, 0.2) is 11.5 Å². The van der Waals surface area contributed by atoms with E-state index in [1.54, 1.807) is 0 Å². The smallest absolute Gasteiger partial charge is 0.395 e. The van der Waals surface area contributed by atoms with Crippen LogP contribution in [0.4, 0.5) is 14.5 Å². The highest BCUT2D eigenvalue weighted by Crippen LogP contribution is 2.42. The summed E-state index contributed by atoms with van der Waals surface area (Å²) < 4.78 is 34.3. The van der Waals surface area contributed by atoms with Crippen LogP contribution in [0.5, 0.6) is 11.5 Å². The molecular formula is C13H16F2N2O3. The molecule has 2 atom stereocenters. The van der Waals surface area contributed by atoms with Crippen molar-refractivity contribution in [2.45, 2.75) is 32.6 Å². The van der Waals surface area contributed by atoms with Crippen LogP contribution in [0.1, 0.15) is 20.3 Å². The van der Waals surface area contributed by atoms with Crippen molar-refractivity contribution in [2.24, 2.45) is 11.7 Å². The van der Waals surface area contributed by atoms with Crippen LogP contribution in [0.25, 0.3) is 0 Å². The lowest BCUT2D eigenvalue weighted by Gasteiger charge is -2.17. The van der Waals surface area contributed by atoms with Crippen LogP contribution in [0.2, 0.25) is 0 Å². The summed E-state index contributed by atoms with van der Waals surface area (Å²) in [5.74, 6) is -0.539. The number of ether oxygens (including phenoxy) is 2. The van der Waals surface area contributed by atoms with E-state index in [9.17, 15) is 13.6 Å². The lowest BCUT2D eigenvalue weighted by atomic mass is 9.99. The largest absolute Gasteiger partial charge is 0.586 e. The summed E-state index contributed by atoms with van der Waals surface area (Å²) in [4.78, 5) is 11.9. The van der Waals surface area contributed by atoms with Crippen molar-refractivity contribution in [3.05, 3.63) is 18.2 Å². The third-order valence-corrected chi connectivity index (χ3v) is 3.23. The van der Waals surface area contributed by atoms with Crippen molar-refractivity contribution < 1.29 is 23.0 Å². The molecule has 20 heavy (non-hydrogen) atoms. The first-order chi connectivity index (χ1) is 9.32. The van der Waals surface area contributed by atoms with E-state index < -0.39 is 12.3 Å². The Morgan fingerprint density at radius 3 is 2.70 bits per heavy atom. The first kappa shape index (κ1) is 14.5. The van der Waals surface area contributed by atoms with Crippen molar-refractivity contribution in [1.82, 2.24) is 0 Å². The number of rotatable bonds is 4. The van der Waals surface area contributed by atoms with Gasteiger partial charge >= 0.3 is 6.29 Å². The molecule has 0 saturated heterocycles. The lowest BCUT2D eigenvalue weighted by Crippen LogP contribution is -2.40. The lowest BCUT2D eigenvalue weighted by molar-refractivity contribution is -0.286. The molecule has 3 N–H and O–H groups in total. The zero-order valence-corrected chi connectivity index (χ0v) is 11.2. The molecule has 110 valence electrons. The predicted molar refractivity (Wildman–Crippen MR) is 68.7 cm³/mol. The highest BCUT2D eigenvalue weighted by Gasteiger charge is 2.43. The Morgan fingerprint density at radius 2 is 2.05 bits per heavy atom. The van der Waals surface area contributed by atoms with E-state index in [-0.39, 0.29) is 23.3 Å². The van der Waals surface area contributed by atoms with E-state index >= 15 is 0 Å². The third-order valence-electron chi connectivity index (χ3n) is 3.23. The second-order valence-electron chi connectivity index (χ2n) is 4.73. The van der Waals surface area contributed by atoms with Gasteiger partial charge in [0.2, 0.25) is 5.91 Å². The van der Waals surface area contributed by atoms with Crippen LogP contribution in [-0.4, -0.2) is 18.2 Å². The number of alkyl halides is 2. The number of hydrogen-bond acceptors (Lipinski definition) is 4. The summed E-state index contributed by atoms with van der Waals surface area (Å²) >= 11 is 0. The summed E-state index contributed by atoms with van der Waals surface area (Å²) in [6, 6.07) is 3.37. The molecule has 2 rings (SSSR count). The number of anilines is 1. The van der Waals surface area contributed by atoms with E-state index in [1.165, 1.54) is 18.2 Å². The van der Waals surface area contributed by atoms with E-state index in [0.29, 0.717) is 5.69 Å². The summed E-state index contributed by atoms with van der Waals surface area (Å²) in [6.45, 7) is 3.80. The SMILES string of the molecule is CC[C@H](C)[C@H](N)C(=O)Nc1ccc2c(c1)OC(F)(F)O2. The third kappa shape index (κ3) is 2.98. The van der Waals surface area contributed by atoms with E-state index in [4.69, 9.17) is 5.73 Å². The van der Waals surface area contributed by atoms with Crippen LogP contribution in [-0.2, 0) is 4.79 Å². The predicted octanol–water partition coefficient (Wildman–Crippen LogP) is 2.32. The fourth-order valence-corrected chi connectivity index (χ4v) is 1.76. The molecule has 1 aliphatic rings. The fourth-order valence-electron chi connectivity index (χ4n) is 1.76. The average Bonchev–Trinajstić information content (AvgIpc) is 2.69. The Labute approximate surface area is 115 Å². The first-order valence-electron chi connectivity index (χ1n) is 6.28. The minimum atomic E-state index is -3.67. The summed E-state index contributed by atoms with van der Waals surface area (Å²) in [5, 5.41) is 2.57. The molecule has 0 radical (unpaired) electrons. The number of carbonyl (C=O) groups excluding carboxylic acids is 1. The summed E-state index contributed by atoms with van der Waals surface area (Å²) in [7, 11) is 0. The Bertz CT molecular complexity index is 522. The maximum absolute atomic E-state index is 12.9. The molecule has 1 aromatic rings. The number of hydrogen-bond donors (Lipinski definition) is 2. The van der Waals surface area contributed by atoms with Crippen LogP contribution in [0.15, 0.2) is 18.2 Å². The number of amides is 1. The Morgan fingerprint density at radius 1 is 1.40 bits per heavy atom. The number of halogens is 2. The van der Waals surface area contributed by atoms with E-state index in [1.807, 2.05) is 13.8 Å². The highest BCUT2D eigenvalue weighted by molar-refractivity contribution is 5.95. The standard InChI is InChI=1S/C13H16F2N2O3/c1-3-7(2)11(16)12(18)17-8-4-5-9-10(6-8)20-13(14,15)19-9/h4-7,11H,3,16H2,1-2H3,(H,17,18)/t7-,11-/m0/s1. The van der Waals surface area contributed by atoms with Crippen LogP contribution in [0.3, 0.4) is 0 Å². The van der Waals surface area contributed by atoms with Crippen molar-refractivity contribution in [1.29, 1.82) is 0 Å². The van der Waals surface area contributed by atoms with Gasteiger partial charge in [-0.2, -0.15) is 0 Å². The second kappa shape index (κ2) is 5.24. The molecule has 1 aromatic carbocycles. The topological polar surface area (TPSA) is 73.6 Å². The Hall–Kier alpha value is -1.89. The fraction of sp³-hybridized carbons (Fsp3) is 0.462. The van der Waals surface area contributed by atoms with Gasteiger partial charge in [-0.05, 0) is 18.1 Å². The zero-order valence-electron chi connectivity index (χ0n) is 11.2. The first-order valence-corrected chi connectivity index (χ1v) is 6.28.